The smallest absolute Gasteiger partial charge is 0.416 e. The second-order valence-corrected chi connectivity index (χ2v) is 4.77. The Labute approximate surface area is 105 Å². The number of alkyl halides is 4. The summed E-state index contributed by atoms with van der Waals surface area (Å²) in [6.07, 6.45) is -4.45. The highest BCUT2D eigenvalue weighted by atomic mass is 79.9. The molecule has 0 aromatic heterocycles. The Morgan fingerprint density at radius 2 is 2.00 bits per heavy atom. The maximum atomic E-state index is 12.4. The summed E-state index contributed by atoms with van der Waals surface area (Å²) >= 11 is 3.07. The summed E-state index contributed by atoms with van der Waals surface area (Å²) in [5.74, 6) is -0.397. The van der Waals surface area contributed by atoms with Crippen LogP contribution in [-0.2, 0) is 6.18 Å². The van der Waals surface area contributed by atoms with Crippen LogP contribution in [0.15, 0.2) is 18.2 Å². The molecule has 2 nitrogen and oxygen atoms in total. The van der Waals surface area contributed by atoms with Crippen LogP contribution in [0.2, 0.25) is 0 Å². The van der Waals surface area contributed by atoms with Crippen LogP contribution >= 0.6 is 15.9 Å². The number of carbonyl (C=O) groups is 1. The van der Waals surface area contributed by atoms with Crippen LogP contribution in [0.4, 0.5) is 13.2 Å². The number of benzene rings is 1. The second-order valence-electron chi connectivity index (χ2n) is 3.39. The molecule has 0 spiro atoms. The molecular weight excluding hydrogens is 301 g/mol. The molecule has 6 heteroatoms. The molecule has 0 fully saturated rings. The van der Waals surface area contributed by atoms with Crippen LogP contribution in [0.25, 0.3) is 0 Å². The number of ether oxygens (including phenoxy) is 1. The molecular formula is C11H10BrF3O2. The molecule has 0 heterocycles. The average Bonchev–Trinajstić information content (AvgIpc) is 2.25. The Kier molecular flexibility index (Phi) is 4.19. The third kappa shape index (κ3) is 3.21. The zero-order valence-electron chi connectivity index (χ0n) is 9.14. The standard InChI is InChI=1S/C11H10BrF3O2/c1-6(12)10(16)8-4-3-7(11(13,14)15)5-9(8)17-2/h3-6H,1-2H3. The van der Waals surface area contributed by atoms with E-state index < -0.39 is 16.6 Å². The van der Waals surface area contributed by atoms with Gasteiger partial charge >= 0.3 is 6.18 Å². The molecule has 1 unspecified atom stereocenters. The van der Waals surface area contributed by atoms with E-state index in [-0.39, 0.29) is 17.1 Å². The van der Waals surface area contributed by atoms with Crippen molar-refractivity contribution in [3.8, 4) is 5.75 Å². The Balaban J connectivity index is 3.24. The van der Waals surface area contributed by atoms with E-state index in [1.54, 1.807) is 6.92 Å². The van der Waals surface area contributed by atoms with Gasteiger partial charge in [-0.25, -0.2) is 0 Å². The van der Waals surface area contributed by atoms with E-state index in [1.807, 2.05) is 0 Å². The molecule has 0 aliphatic rings. The SMILES string of the molecule is COc1cc(C(F)(F)F)ccc1C(=O)C(C)Br. The van der Waals surface area contributed by atoms with Gasteiger partial charge in [0.2, 0.25) is 0 Å². The van der Waals surface area contributed by atoms with Crippen LogP contribution in [0, 0.1) is 0 Å². The summed E-state index contributed by atoms with van der Waals surface area (Å²) in [6, 6.07) is 2.81. The Morgan fingerprint density at radius 1 is 1.41 bits per heavy atom. The van der Waals surface area contributed by atoms with E-state index in [0.29, 0.717) is 0 Å². The van der Waals surface area contributed by atoms with Gasteiger partial charge in [0.1, 0.15) is 5.75 Å². The number of methoxy groups -OCH3 is 1. The van der Waals surface area contributed by atoms with Crippen molar-refractivity contribution in [1.82, 2.24) is 0 Å². The second kappa shape index (κ2) is 5.08. The van der Waals surface area contributed by atoms with Gasteiger partial charge in [-0.05, 0) is 25.1 Å². The summed E-state index contributed by atoms with van der Waals surface area (Å²) < 4.78 is 42.1. The molecule has 0 saturated carbocycles. The molecule has 0 aliphatic carbocycles. The van der Waals surface area contributed by atoms with Gasteiger partial charge in [-0.15, -0.1) is 0 Å². The van der Waals surface area contributed by atoms with Crippen molar-refractivity contribution in [2.24, 2.45) is 0 Å². The zero-order valence-corrected chi connectivity index (χ0v) is 10.7. The third-order valence-corrected chi connectivity index (χ3v) is 2.57. The quantitative estimate of drug-likeness (QED) is 0.629. The van der Waals surface area contributed by atoms with E-state index in [0.717, 1.165) is 18.2 Å². The number of ketones is 1. The number of hydrogen-bond donors (Lipinski definition) is 0. The van der Waals surface area contributed by atoms with Gasteiger partial charge in [-0.2, -0.15) is 13.2 Å². The normalized spacial score (nSPS) is 13.3. The fraction of sp³-hybridized carbons (Fsp3) is 0.364. The molecule has 0 N–H and O–H groups in total. The van der Waals surface area contributed by atoms with Crippen molar-refractivity contribution in [2.75, 3.05) is 7.11 Å². The van der Waals surface area contributed by atoms with Crippen molar-refractivity contribution >= 4 is 21.7 Å². The number of hydrogen-bond acceptors (Lipinski definition) is 2. The van der Waals surface area contributed by atoms with E-state index >= 15 is 0 Å². The summed E-state index contributed by atoms with van der Waals surface area (Å²) in [7, 11) is 1.23. The predicted molar refractivity (Wildman–Crippen MR) is 60.7 cm³/mol. The van der Waals surface area contributed by atoms with E-state index in [1.165, 1.54) is 7.11 Å². The first-order chi connectivity index (χ1) is 7.77. The lowest BCUT2D eigenvalue weighted by molar-refractivity contribution is -0.137. The molecule has 1 aromatic carbocycles. The fourth-order valence-corrected chi connectivity index (χ4v) is 1.53. The minimum Gasteiger partial charge on any atom is -0.496 e. The third-order valence-electron chi connectivity index (χ3n) is 2.16. The van der Waals surface area contributed by atoms with E-state index in [9.17, 15) is 18.0 Å². The average molecular weight is 311 g/mol. The Hall–Kier alpha value is -1.04. The van der Waals surface area contributed by atoms with Crippen LogP contribution in [-0.4, -0.2) is 17.7 Å². The van der Waals surface area contributed by atoms with Gasteiger partial charge in [-0.1, -0.05) is 15.9 Å². The van der Waals surface area contributed by atoms with E-state index in [4.69, 9.17) is 4.74 Å². The molecule has 0 saturated heterocycles. The van der Waals surface area contributed by atoms with E-state index in [2.05, 4.69) is 15.9 Å². The van der Waals surface area contributed by atoms with Gasteiger partial charge in [0.25, 0.3) is 0 Å². The zero-order chi connectivity index (χ0) is 13.2. The molecule has 0 aliphatic heterocycles. The van der Waals surface area contributed by atoms with Crippen molar-refractivity contribution in [3.63, 3.8) is 0 Å². The largest absolute Gasteiger partial charge is 0.496 e. The molecule has 1 atom stereocenters. The monoisotopic (exact) mass is 310 g/mol. The Morgan fingerprint density at radius 3 is 2.41 bits per heavy atom. The first-order valence-electron chi connectivity index (χ1n) is 4.71. The maximum Gasteiger partial charge on any atom is 0.416 e. The predicted octanol–water partition coefficient (Wildman–Crippen LogP) is 3.68. The minimum atomic E-state index is -4.45. The van der Waals surface area contributed by atoms with Crippen molar-refractivity contribution in [1.29, 1.82) is 0 Å². The van der Waals surface area contributed by atoms with Crippen LogP contribution in [0.5, 0.6) is 5.75 Å². The lowest BCUT2D eigenvalue weighted by atomic mass is 10.0. The lowest BCUT2D eigenvalue weighted by Crippen LogP contribution is -2.13. The molecule has 1 rings (SSSR count). The molecule has 1 aromatic rings. The molecule has 0 radical (unpaired) electrons. The first kappa shape index (κ1) is 14.0. The van der Waals surface area contributed by atoms with Gasteiger partial charge in [0, 0.05) is 0 Å². The van der Waals surface area contributed by atoms with Crippen molar-refractivity contribution in [3.05, 3.63) is 29.3 Å². The van der Waals surface area contributed by atoms with Gasteiger partial charge in [0.15, 0.2) is 5.78 Å². The number of rotatable bonds is 3. The highest BCUT2D eigenvalue weighted by Gasteiger charge is 2.32. The van der Waals surface area contributed by atoms with Gasteiger partial charge in [0.05, 0.1) is 23.1 Å². The first-order valence-corrected chi connectivity index (χ1v) is 5.62. The highest BCUT2D eigenvalue weighted by Crippen LogP contribution is 2.33. The van der Waals surface area contributed by atoms with Crippen LogP contribution < -0.4 is 4.74 Å². The van der Waals surface area contributed by atoms with Crippen molar-refractivity contribution in [2.45, 2.75) is 17.9 Å². The van der Waals surface area contributed by atoms with Gasteiger partial charge < -0.3 is 4.74 Å². The summed E-state index contributed by atoms with van der Waals surface area (Å²) in [4.78, 5) is 11.2. The lowest BCUT2D eigenvalue weighted by Gasteiger charge is -2.12. The Bertz CT molecular complexity index is 427. The van der Waals surface area contributed by atoms with Crippen molar-refractivity contribution < 1.29 is 22.7 Å². The summed E-state index contributed by atoms with van der Waals surface area (Å²) in [5.41, 5.74) is -0.710. The fourth-order valence-electron chi connectivity index (χ4n) is 1.29. The van der Waals surface area contributed by atoms with Crippen LogP contribution in [0.3, 0.4) is 0 Å². The summed E-state index contributed by atoms with van der Waals surface area (Å²) in [5, 5.41) is 0. The number of carbonyl (C=O) groups excluding carboxylic acids is 1. The molecule has 94 valence electrons. The molecule has 0 bridgehead atoms. The minimum absolute atomic E-state index is 0.0730. The summed E-state index contributed by atoms with van der Waals surface area (Å²) in [6.45, 7) is 1.60. The highest BCUT2D eigenvalue weighted by molar-refractivity contribution is 9.10. The topological polar surface area (TPSA) is 26.3 Å². The van der Waals surface area contributed by atoms with Crippen LogP contribution in [0.1, 0.15) is 22.8 Å². The molecule has 17 heavy (non-hydrogen) atoms. The number of halogens is 4. The van der Waals surface area contributed by atoms with Gasteiger partial charge in [-0.3, -0.25) is 4.79 Å². The maximum absolute atomic E-state index is 12.4. The molecule has 0 amide bonds. The number of Topliss-reactive ketones (excluding diaryl/α,β-unsaturated/α-hetero) is 1.